The quantitative estimate of drug-likeness (QED) is 0.152. The van der Waals surface area contributed by atoms with Gasteiger partial charge in [-0.3, -0.25) is 0 Å². The van der Waals surface area contributed by atoms with Gasteiger partial charge in [-0.05, 0) is 127 Å². The molecule has 0 saturated carbocycles. The van der Waals surface area contributed by atoms with Crippen LogP contribution in [0, 0.1) is 58.7 Å². The summed E-state index contributed by atoms with van der Waals surface area (Å²) in [4.78, 5) is 25.7. The summed E-state index contributed by atoms with van der Waals surface area (Å²) in [5.74, 6) is -4.32. The molecule has 0 spiro atoms. The van der Waals surface area contributed by atoms with E-state index < -0.39 is 46.0 Å². The molecular weight excluding hydrogens is 1280 g/mol. The number of nitrogens with zero attached hydrogens (tertiary/aromatic N) is 6. The Hall–Kier alpha value is -7.32. The van der Waals surface area contributed by atoms with E-state index in [4.69, 9.17) is 32.1 Å². The van der Waals surface area contributed by atoms with E-state index >= 15 is 0 Å². The number of rotatable bonds is 6. The van der Waals surface area contributed by atoms with E-state index in [1.54, 1.807) is 36.5 Å². The van der Waals surface area contributed by atoms with Gasteiger partial charge in [0.15, 0.2) is 0 Å². The second kappa shape index (κ2) is 25.3. The van der Waals surface area contributed by atoms with E-state index in [-0.39, 0.29) is 79.4 Å². The van der Waals surface area contributed by atoms with Crippen LogP contribution >= 0.6 is 0 Å². The van der Waals surface area contributed by atoms with E-state index in [9.17, 15) is 0 Å². The van der Waals surface area contributed by atoms with Crippen LogP contribution in [0.5, 0.6) is 0 Å². The summed E-state index contributed by atoms with van der Waals surface area (Å²) in [6.07, 6.45) is 5.42. The predicted molar refractivity (Wildman–Crippen MR) is 296 cm³/mol. The van der Waals surface area contributed by atoms with Crippen molar-refractivity contribution in [3.63, 3.8) is 0 Å². The van der Waals surface area contributed by atoms with Gasteiger partial charge in [-0.2, -0.15) is 0 Å². The third-order valence-corrected chi connectivity index (χ3v) is 11.4. The van der Waals surface area contributed by atoms with Gasteiger partial charge in [0.05, 0.1) is 11.2 Å². The zero-order valence-electron chi connectivity index (χ0n) is 57.8. The third kappa shape index (κ3) is 13.0. The van der Waals surface area contributed by atoms with Crippen LogP contribution in [0.1, 0.15) is 102 Å². The fraction of sp³-hybridized carbons (Fsp3) is 0.169. The molecule has 2 radical (unpaired) electrons. The minimum absolute atomic E-state index is 0. The fourth-order valence-corrected chi connectivity index (χ4v) is 7.80. The summed E-state index contributed by atoms with van der Waals surface area (Å²) in [6.45, 7) is -6.75. The van der Waals surface area contributed by atoms with Crippen molar-refractivity contribution in [3.8, 4) is 45.0 Å². The minimum atomic E-state index is -2.75. The Balaban J connectivity index is 0.000000184. The number of fused-ring (bicyclic) bond motifs is 6. The molecule has 0 aliphatic carbocycles. The monoisotopic (exact) mass is 1360 g/mol. The van der Waals surface area contributed by atoms with Crippen molar-refractivity contribution in [1.29, 1.82) is 0 Å². The first-order valence-corrected chi connectivity index (χ1v) is 22.9. The number of hydrogen-bond acceptors (Lipinski definition) is 8. The van der Waals surface area contributed by atoms with Gasteiger partial charge in [-0.15, -0.1) is 108 Å². The maximum atomic E-state index is 8.49. The maximum Gasteiger partial charge on any atom is 0.216 e. The molecule has 2 atom stereocenters. The molecule has 0 bridgehead atoms. The predicted octanol–water partition coefficient (Wildman–Crippen LogP) is 16.6. The maximum absolute atomic E-state index is 8.49. The van der Waals surface area contributed by atoms with Crippen LogP contribution in [0.15, 0.2) is 173 Å². The molecule has 380 valence electrons. The Labute approximate surface area is 490 Å². The number of pyridine rings is 6. The van der Waals surface area contributed by atoms with E-state index in [1.165, 1.54) is 32.2 Å². The molecule has 0 amide bonds. The Morgan fingerprint density at radius 1 is 0.480 bits per heavy atom. The number of aromatic nitrogens is 6. The number of aryl methyl sites for hydroxylation is 5. The smallest absolute Gasteiger partial charge is 0.216 e. The Morgan fingerprint density at radius 2 is 0.987 bits per heavy atom. The number of hydrogen-bond donors (Lipinski definition) is 0. The summed E-state index contributed by atoms with van der Waals surface area (Å²) in [6, 6.07) is 54.0. The van der Waals surface area contributed by atoms with Crippen molar-refractivity contribution < 1.29 is 72.3 Å². The van der Waals surface area contributed by atoms with Crippen molar-refractivity contribution in [2.24, 2.45) is 0 Å². The van der Waals surface area contributed by atoms with Gasteiger partial charge in [0.2, 0.25) is 11.4 Å². The first kappa shape index (κ1) is 36.6. The van der Waals surface area contributed by atoms with Crippen molar-refractivity contribution >= 4 is 44.1 Å². The standard InChI is InChI=1S/2C21H19N2O.C12H10N.C11H8N.2Ir/c2*1-12(2)18-10-19(22-11-13(18)3)17-7-5-6-15-16-9-8-14(4)23-21(16)24-20(15)17;1-10-7-8-12(13-9-10)11-5-3-2-4-6-11;1-2-6-10(7-3-1)11-8-4-5-9-12-11;;/h2*5-6,8-12H,1-4H3;2-5,7-9H,1H3;1-6,8-9H;;/q4*-1;;/i2*1D3,3D3,12D;1D3;;;. The van der Waals surface area contributed by atoms with Gasteiger partial charge in [0.1, 0.15) is 0 Å². The van der Waals surface area contributed by atoms with E-state index in [0.29, 0.717) is 33.7 Å². The number of furan rings is 2. The zero-order valence-corrected chi connectivity index (χ0v) is 45.5. The summed E-state index contributed by atoms with van der Waals surface area (Å²) in [5.41, 5.74) is 7.87. The van der Waals surface area contributed by atoms with Crippen LogP contribution in [-0.4, -0.2) is 29.9 Å². The Morgan fingerprint density at radius 3 is 1.41 bits per heavy atom. The van der Waals surface area contributed by atoms with Gasteiger partial charge in [-0.1, -0.05) is 85.8 Å². The molecule has 10 heteroatoms. The van der Waals surface area contributed by atoms with Gasteiger partial charge in [-0.25, -0.2) is 9.97 Å². The molecule has 4 aromatic carbocycles. The minimum Gasteiger partial charge on any atom is -0.486 e. The van der Waals surface area contributed by atoms with Crippen molar-refractivity contribution in [3.05, 3.63) is 228 Å². The van der Waals surface area contributed by atoms with Crippen LogP contribution in [0.4, 0.5) is 0 Å². The van der Waals surface area contributed by atoms with Gasteiger partial charge in [0.25, 0.3) is 0 Å². The van der Waals surface area contributed by atoms with Crippen molar-refractivity contribution in [1.82, 2.24) is 29.9 Å². The topological polar surface area (TPSA) is 104 Å². The summed E-state index contributed by atoms with van der Waals surface area (Å²) < 4.78 is 144. The molecule has 8 heterocycles. The molecule has 0 N–H and O–H groups in total. The molecule has 8 aromatic heterocycles. The Bertz CT molecular complexity index is 4260. The first-order valence-electron chi connectivity index (χ1n) is 31.4. The van der Waals surface area contributed by atoms with Crippen LogP contribution < -0.4 is 0 Å². The average molecular weight is 1350 g/mol. The molecule has 0 aliphatic rings. The molecule has 0 saturated heterocycles. The van der Waals surface area contributed by atoms with Crippen molar-refractivity contribution in [2.75, 3.05) is 0 Å². The third-order valence-electron chi connectivity index (χ3n) is 11.4. The molecular formula is C65H56Ir2N6O2-4. The van der Waals surface area contributed by atoms with Gasteiger partial charge >= 0.3 is 0 Å². The second-order valence-corrected chi connectivity index (χ2v) is 16.7. The largest absolute Gasteiger partial charge is 0.486 e. The molecule has 0 aliphatic heterocycles. The second-order valence-electron chi connectivity index (χ2n) is 16.7. The molecule has 12 rings (SSSR count). The first-order chi connectivity index (χ1) is 42.1. The van der Waals surface area contributed by atoms with Crippen LogP contribution in [0.25, 0.3) is 89.2 Å². The SMILES string of the molecule is [2H]C([2H])([2H])c1ccc(-c2[c-]cccc2)nc1.[2H]C([2H])([2H])c1cnc(-c2[c-]ccc3c2oc2nc(C)ccc23)cc1C([2H])(C)C([2H])([2H])[2H].[2H]C([2H])([2H])c1cnc(-c2[c-]ccc3c2oc2nc(C)ccc23)cc1C([2H])(C)C([2H])([2H])[2H].[Ir].[Ir].[c-]1ccccc1-c1ccccn1. The van der Waals surface area contributed by atoms with Crippen molar-refractivity contribution in [2.45, 2.75) is 73.7 Å². The summed E-state index contributed by atoms with van der Waals surface area (Å²) in [5, 5.41) is 3.18. The Kier molecular flexibility index (Phi) is 12.3. The van der Waals surface area contributed by atoms with Gasteiger partial charge < -0.3 is 28.8 Å². The van der Waals surface area contributed by atoms with E-state index in [2.05, 4.69) is 54.2 Å². The molecule has 12 aromatic rings. The molecule has 75 heavy (non-hydrogen) atoms. The van der Waals surface area contributed by atoms with Crippen LogP contribution in [-0.2, 0) is 40.2 Å². The van der Waals surface area contributed by atoms with Crippen LogP contribution in [0.2, 0.25) is 0 Å². The zero-order chi connectivity index (χ0) is 65.4. The number of benzene rings is 4. The summed E-state index contributed by atoms with van der Waals surface area (Å²) in [7, 11) is 0. The fourth-order valence-electron chi connectivity index (χ4n) is 7.80. The van der Waals surface area contributed by atoms with E-state index in [0.717, 1.165) is 67.8 Å². The molecule has 0 fully saturated rings. The molecule has 2 unspecified atom stereocenters. The van der Waals surface area contributed by atoms with E-state index in [1.807, 2.05) is 111 Å². The average Bonchev–Trinajstić information content (AvgIpc) is 1.12. The van der Waals surface area contributed by atoms with Crippen LogP contribution in [0.3, 0.4) is 0 Å². The van der Waals surface area contributed by atoms with Gasteiger partial charge in [0, 0.05) is 110 Å². The normalized spacial score (nSPS) is 16.5. The molecule has 8 nitrogen and oxygen atoms in total. The summed E-state index contributed by atoms with van der Waals surface area (Å²) >= 11 is 0.